The van der Waals surface area contributed by atoms with E-state index in [1.54, 1.807) is 7.11 Å². The second kappa shape index (κ2) is 8.15. The van der Waals surface area contributed by atoms with Gasteiger partial charge < -0.3 is 10.1 Å². The van der Waals surface area contributed by atoms with Gasteiger partial charge in [0, 0.05) is 12.7 Å². The summed E-state index contributed by atoms with van der Waals surface area (Å²) in [6.07, 6.45) is 4.95. The van der Waals surface area contributed by atoms with Crippen LogP contribution in [0.25, 0.3) is 5.69 Å². The molecule has 0 bridgehead atoms. The fraction of sp³-hybridized carbons (Fsp3) is 0.200. The van der Waals surface area contributed by atoms with Gasteiger partial charge in [0.15, 0.2) is 0 Å². The zero-order valence-electron chi connectivity index (χ0n) is 14.2. The predicted octanol–water partition coefficient (Wildman–Crippen LogP) is 2.78. The third kappa shape index (κ3) is 4.70. The van der Waals surface area contributed by atoms with E-state index in [9.17, 15) is 4.79 Å². The molecule has 0 spiro atoms. The number of nitrogens with zero attached hydrogens (tertiary/aromatic N) is 2. The summed E-state index contributed by atoms with van der Waals surface area (Å²) in [5.74, 6) is 0.806. The number of para-hydroxylation sites is 1. The number of carbonyl (C=O) groups excluding carboxylic acids is 1. The number of aromatic nitrogens is 2. The van der Waals surface area contributed by atoms with Gasteiger partial charge in [0.05, 0.1) is 25.4 Å². The Labute approximate surface area is 147 Å². The topological polar surface area (TPSA) is 56.1 Å². The number of carbonyl (C=O) groups is 1. The van der Waals surface area contributed by atoms with Gasteiger partial charge in [0.2, 0.25) is 5.91 Å². The van der Waals surface area contributed by atoms with Crippen LogP contribution < -0.4 is 10.1 Å². The smallest absolute Gasteiger partial charge is 0.224 e. The van der Waals surface area contributed by atoms with E-state index in [1.807, 2.05) is 71.7 Å². The minimum absolute atomic E-state index is 0.0145. The molecule has 5 nitrogen and oxygen atoms in total. The SMILES string of the molecule is COc1ccc(CC(=O)NCCc2cnn(-c3ccccc3)c2)cc1. The summed E-state index contributed by atoms with van der Waals surface area (Å²) in [7, 11) is 1.63. The Kier molecular flexibility index (Phi) is 5.46. The van der Waals surface area contributed by atoms with Gasteiger partial charge in [-0.1, -0.05) is 30.3 Å². The summed E-state index contributed by atoms with van der Waals surface area (Å²) in [4.78, 5) is 12.0. The maximum atomic E-state index is 12.0. The summed E-state index contributed by atoms with van der Waals surface area (Å²) in [6, 6.07) is 17.5. The molecule has 1 N–H and O–H groups in total. The van der Waals surface area contributed by atoms with Crippen molar-refractivity contribution < 1.29 is 9.53 Å². The van der Waals surface area contributed by atoms with Gasteiger partial charge in [-0.05, 0) is 41.8 Å². The lowest BCUT2D eigenvalue weighted by Crippen LogP contribution is -2.27. The van der Waals surface area contributed by atoms with Crippen molar-refractivity contribution in [3.63, 3.8) is 0 Å². The average Bonchev–Trinajstić information content (AvgIpc) is 3.12. The maximum absolute atomic E-state index is 12.0. The molecule has 1 amide bonds. The molecule has 0 aliphatic heterocycles. The van der Waals surface area contributed by atoms with Crippen molar-refractivity contribution in [1.29, 1.82) is 0 Å². The Morgan fingerprint density at radius 3 is 2.56 bits per heavy atom. The lowest BCUT2D eigenvalue weighted by atomic mass is 10.1. The maximum Gasteiger partial charge on any atom is 0.224 e. The normalized spacial score (nSPS) is 10.4. The van der Waals surface area contributed by atoms with Gasteiger partial charge >= 0.3 is 0 Å². The molecule has 0 unspecified atom stereocenters. The second-order valence-electron chi connectivity index (χ2n) is 5.75. The van der Waals surface area contributed by atoms with Gasteiger partial charge in [-0.25, -0.2) is 4.68 Å². The summed E-state index contributed by atoms with van der Waals surface area (Å²) in [5.41, 5.74) is 3.08. The third-order valence-corrected chi connectivity index (χ3v) is 3.92. The predicted molar refractivity (Wildman–Crippen MR) is 97.0 cm³/mol. The van der Waals surface area contributed by atoms with Crippen LogP contribution in [0.5, 0.6) is 5.75 Å². The molecule has 0 fully saturated rings. The molecule has 25 heavy (non-hydrogen) atoms. The van der Waals surface area contributed by atoms with Crippen molar-refractivity contribution in [2.75, 3.05) is 13.7 Å². The standard InChI is InChI=1S/C20H21N3O2/c1-25-19-9-7-16(8-10-19)13-20(24)21-12-11-17-14-22-23(15-17)18-5-3-2-4-6-18/h2-10,14-15H,11-13H2,1H3,(H,21,24). The van der Waals surface area contributed by atoms with Crippen LogP contribution in [0.1, 0.15) is 11.1 Å². The molecule has 0 saturated carbocycles. The number of methoxy groups -OCH3 is 1. The van der Waals surface area contributed by atoms with Crippen molar-refractivity contribution in [2.45, 2.75) is 12.8 Å². The second-order valence-corrected chi connectivity index (χ2v) is 5.75. The first-order valence-electron chi connectivity index (χ1n) is 8.23. The van der Waals surface area contributed by atoms with Gasteiger partial charge in [-0.3, -0.25) is 4.79 Å². The van der Waals surface area contributed by atoms with E-state index in [1.165, 1.54) is 0 Å². The molecule has 5 heteroatoms. The molecule has 0 aliphatic carbocycles. The zero-order chi connectivity index (χ0) is 17.5. The van der Waals surface area contributed by atoms with Gasteiger partial charge in [-0.15, -0.1) is 0 Å². The molecule has 2 aromatic carbocycles. The molecule has 1 aromatic heterocycles. The molecule has 0 aliphatic rings. The van der Waals surface area contributed by atoms with E-state index in [2.05, 4.69) is 10.4 Å². The van der Waals surface area contributed by atoms with E-state index >= 15 is 0 Å². The summed E-state index contributed by atoms with van der Waals surface area (Å²) in [5, 5.41) is 7.31. The molecule has 3 rings (SSSR count). The van der Waals surface area contributed by atoms with E-state index < -0.39 is 0 Å². The van der Waals surface area contributed by atoms with Crippen LogP contribution in [-0.4, -0.2) is 29.3 Å². The lowest BCUT2D eigenvalue weighted by molar-refractivity contribution is -0.120. The minimum atomic E-state index is 0.0145. The largest absolute Gasteiger partial charge is 0.497 e. The van der Waals surface area contributed by atoms with E-state index in [-0.39, 0.29) is 5.91 Å². The number of ether oxygens (including phenoxy) is 1. The molecule has 128 valence electrons. The number of hydrogen-bond donors (Lipinski definition) is 1. The summed E-state index contributed by atoms with van der Waals surface area (Å²) < 4.78 is 6.96. The van der Waals surface area contributed by atoms with Gasteiger partial charge in [0.25, 0.3) is 0 Å². The highest BCUT2D eigenvalue weighted by Gasteiger charge is 2.05. The Morgan fingerprint density at radius 1 is 1.08 bits per heavy atom. The van der Waals surface area contributed by atoms with Crippen molar-refractivity contribution in [1.82, 2.24) is 15.1 Å². The first kappa shape index (κ1) is 16.8. The minimum Gasteiger partial charge on any atom is -0.497 e. The van der Waals surface area contributed by atoms with Crippen LogP contribution in [0.4, 0.5) is 0 Å². The number of benzene rings is 2. The van der Waals surface area contributed by atoms with Crippen LogP contribution in [0, 0.1) is 0 Å². The highest BCUT2D eigenvalue weighted by Crippen LogP contribution is 2.11. The molecule has 0 atom stereocenters. The molecular weight excluding hydrogens is 314 g/mol. The van der Waals surface area contributed by atoms with Crippen molar-refractivity contribution in [3.05, 3.63) is 78.1 Å². The Bertz CT molecular complexity index is 810. The zero-order valence-corrected chi connectivity index (χ0v) is 14.2. The quantitative estimate of drug-likeness (QED) is 0.722. The van der Waals surface area contributed by atoms with Gasteiger partial charge in [0.1, 0.15) is 5.75 Å². The molecule has 1 heterocycles. The molecule has 0 radical (unpaired) electrons. The average molecular weight is 335 g/mol. The monoisotopic (exact) mass is 335 g/mol. The first-order valence-corrected chi connectivity index (χ1v) is 8.23. The number of amides is 1. The van der Waals surface area contributed by atoms with Crippen molar-refractivity contribution in [2.24, 2.45) is 0 Å². The number of nitrogens with one attached hydrogen (secondary N) is 1. The molecule has 0 saturated heterocycles. The first-order chi connectivity index (χ1) is 12.2. The van der Waals surface area contributed by atoms with E-state index in [0.717, 1.165) is 29.0 Å². The van der Waals surface area contributed by atoms with Crippen LogP contribution in [0.3, 0.4) is 0 Å². The van der Waals surface area contributed by atoms with Crippen LogP contribution in [-0.2, 0) is 17.6 Å². The van der Waals surface area contributed by atoms with E-state index in [0.29, 0.717) is 13.0 Å². The Balaban J connectivity index is 1.46. The van der Waals surface area contributed by atoms with Crippen LogP contribution in [0.2, 0.25) is 0 Å². The number of rotatable bonds is 7. The van der Waals surface area contributed by atoms with E-state index in [4.69, 9.17) is 4.74 Å². The van der Waals surface area contributed by atoms with Crippen LogP contribution in [0.15, 0.2) is 67.0 Å². The Hall–Kier alpha value is -3.08. The van der Waals surface area contributed by atoms with Gasteiger partial charge in [-0.2, -0.15) is 5.10 Å². The third-order valence-electron chi connectivity index (χ3n) is 3.92. The molecule has 3 aromatic rings. The summed E-state index contributed by atoms with van der Waals surface area (Å²) in [6.45, 7) is 0.593. The Morgan fingerprint density at radius 2 is 1.84 bits per heavy atom. The highest BCUT2D eigenvalue weighted by molar-refractivity contribution is 5.78. The van der Waals surface area contributed by atoms with Crippen molar-refractivity contribution in [3.8, 4) is 11.4 Å². The lowest BCUT2D eigenvalue weighted by Gasteiger charge is -2.05. The number of hydrogen-bond acceptors (Lipinski definition) is 3. The fourth-order valence-corrected chi connectivity index (χ4v) is 2.55. The highest BCUT2D eigenvalue weighted by atomic mass is 16.5. The van der Waals surface area contributed by atoms with Crippen LogP contribution >= 0.6 is 0 Å². The summed E-state index contributed by atoms with van der Waals surface area (Å²) >= 11 is 0. The fourth-order valence-electron chi connectivity index (χ4n) is 2.55. The molecular formula is C20H21N3O2. The van der Waals surface area contributed by atoms with Crippen molar-refractivity contribution >= 4 is 5.91 Å².